The maximum atomic E-state index is 11.7. The third kappa shape index (κ3) is 4.03. The number of carbonyl (C=O) groups excluding carboxylic acids is 2. The van der Waals surface area contributed by atoms with Crippen molar-refractivity contribution in [2.75, 3.05) is 18.6 Å². The maximum absolute atomic E-state index is 11.7. The molecule has 1 aromatic carbocycles. The number of imide groups is 1. The average Bonchev–Trinajstić information content (AvgIpc) is 3.00. The SMILES string of the molecule is COc1cc(N)ccc1SCC(=O)NC(=O)c1ccco1. The van der Waals surface area contributed by atoms with E-state index >= 15 is 0 Å². The minimum absolute atomic E-state index is 0.0761. The molecule has 1 heterocycles. The van der Waals surface area contributed by atoms with E-state index in [1.807, 2.05) is 0 Å². The molecule has 21 heavy (non-hydrogen) atoms. The standard InChI is InChI=1S/C14H14N2O4S/c1-19-11-7-9(15)4-5-12(11)21-8-13(17)16-14(18)10-3-2-6-20-10/h2-7H,8,15H2,1H3,(H,16,17,18). The third-order valence-corrected chi connectivity index (χ3v) is 3.60. The summed E-state index contributed by atoms with van der Waals surface area (Å²) >= 11 is 1.25. The molecule has 2 rings (SSSR count). The highest BCUT2D eigenvalue weighted by Gasteiger charge is 2.13. The van der Waals surface area contributed by atoms with E-state index in [-0.39, 0.29) is 11.5 Å². The second kappa shape index (κ2) is 6.85. The van der Waals surface area contributed by atoms with Crippen LogP contribution < -0.4 is 15.8 Å². The summed E-state index contributed by atoms with van der Waals surface area (Å²) in [7, 11) is 1.53. The van der Waals surface area contributed by atoms with Gasteiger partial charge < -0.3 is 14.9 Å². The molecule has 0 saturated carbocycles. The van der Waals surface area contributed by atoms with Crippen LogP contribution in [0.25, 0.3) is 0 Å². The van der Waals surface area contributed by atoms with Crippen molar-refractivity contribution >= 4 is 29.3 Å². The molecule has 0 fully saturated rings. The van der Waals surface area contributed by atoms with Crippen molar-refractivity contribution in [1.82, 2.24) is 5.32 Å². The minimum Gasteiger partial charge on any atom is -0.496 e. The van der Waals surface area contributed by atoms with Crippen LogP contribution in [-0.2, 0) is 4.79 Å². The molecule has 2 aromatic rings. The van der Waals surface area contributed by atoms with Gasteiger partial charge in [-0.05, 0) is 24.3 Å². The Labute approximate surface area is 125 Å². The van der Waals surface area contributed by atoms with Gasteiger partial charge in [-0.3, -0.25) is 14.9 Å². The summed E-state index contributed by atoms with van der Waals surface area (Å²) in [6.07, 6.45) is 1.37. The number of hydrogen-bond donors (Lipinski definition) is 2. The van der Waals surface area contributed by atoms with Crippen molar-refractivity contribution in [2.45, 2.75) is 4.90 Å². The second-order valence-corrected chi connectivity index (χ2v) is 5.07. The number of amides is 2. The molecule has 0 spiro atoms. The zero-order valence-electron chi connectivity index (χ0n) is 11.3. The fourth-order valence-corrected chi connectivity index (χ4v) is 2.39. The van der Waals surface area contributed by atoms with Crippen LogP contribution in [0.1, 0.15) is 10.6 Å². The van der Waals surface area contributed by atoms with Crippen LogP contribution in [0.2, 0.25) is 0 Å². The van der Waals surface area contributed by atoms with Gasteiger partial charge in [0.1, 0.15) is 5.75 Å². The molecule has 0 saturated heterocycles. The lowest BCUT2D eigenvalue weighted by molar-refractivity contribution is -0.117. The predicted octanol–water partition coefficient (Wildman–Crippen LogP) is 1.92. The Morgan fingerprint density at radius 2 is 2.19 bits per heavy atom. The number of nitrogens with one attached hydrogen (secondary N) is 1. The smallest absolute Gasteiger partial charge is 0.293 e. The normalized spacial score (nSPS) is 10.1. The lowest BCUT2D eigenvalue weighted by Crippen LogP contribution is -2.31. The van der Waals surface area contributed by atoms with Gasteiger partial charge in [0.05, 0.1) is 19.1 Å². The molecule has 0 aliphatic carbocycles. The van der Waals surface area contributed by atoms with E-state index in [9.17, 15) is 9.59 Å². The first-order valence-electron chi connectivity index (χ1n) is 6.04. The Balaban J connectivity index is 1.91. The van der Waals surface area contributed by atoms with Crippen LogP contribution in [0.5, 0.6) is 5.75 Å². The van der Waals surface area contributed by atoms with Gasteiger partial charge in [0, 0.05) is 16.6 Å². The van der Waals surface area contributed by atoms with Gasteiger partial charge in [0.2, 0.25) is 5.91 Å². The largest absolute Gasteiger partial charge is 0.496 e. The van der Waals surface area contributed by atoms with Crippen molar-refractivity contribution < 1.29 is 18.7 Å². The summed E-state index contributed by atoms with van der Waals surface area (Å²) in [4.78, 5) is 24.1. The number of nitrogen functional groups attached to an aromatic ring is 1. The molecule has 0 aliphatic heterocycles. The van der Waals surface area contributed by atoms with Gasteiger partial charge in [-0.2, -0.15) is 0 Å². The summed E-state index contributed by atoms with van der Waals surface area (Å²) in [5.41, 5.74) is 6.23. The quantitative estimate of drug-likeness (QED) is 0.647. The molecule has 110 valence electrons. The summed E-state index contributed by atoms with van der Waals surface area (Å²) in [5.74, 6) is -0.217. The van der Waals surface area contributed by atoms with Crippen LogP contribution in [0.3, 0.4) is 0 Å². The van der Waals surface area contributed by atoms with Crippen molar-refractivity contribution in [2.24, 2.45) is 0 Å². The monoisotopic (exact) mass is 306 g/mol. The minimum atomic E-state index is -0.560. The Morgan fingerprint density at radius 3 is 2.86 bits per heavy atom. The van der Waals surface area contributed by atoms with Crippen LogP contribution in [0.15, 0.2) is 45.9 Å². The first-order valence-corrected chi connectivity index (χ1v) is 7.02. The maximum Gasteiger partial charge on any atom is 0.293 e. The van der Waals surface area contributed by atoms with Crippen LogP contribution in [-0.4, -0.2) is 24.7 Å². The molecule has 6 nitrogen and oxygen atoms in total. The number of rotatable bonds is 5. The number of carbonyl (C=O) groups is 2. The molecule has 0 bridgehead atoms. The van der Waals surface area contributed by atoms with Crippen LogP contribution >= 0.6 is 11.8 Å². The summed E-state index contributed by atoms with van der Waals surface area (Å²) in [6, 6.07) is 8.22. The highest BCUT2D eigenvalue weighted by molar-refractivity contribution is 8.00. The van der Waals surface area contributed by atoms with E-state index in [0.29, 0.717) is 11.4 Å². The molecule has 2 amide bonds. The lowest BCUT2D eigenvalue weighted by Gasteiger charge is -2.08. The summed E-state index contributed by atoms with van der Waals surface area (Å²) < 4.78 is 10.1. The third-order valence-electron chi connectivity index (χ3n) is 2.54. The van der Waals surface area contributed by atoms with E-state index in [1.54, 1.807) is 24.3 Å². The fourth-order valence-electron chi connectivity index (χ4n) is 1.58. The predicted molar refractivity (Wildman–Crippen MR) is 79.3 cm³/mol. The van der Waals surface area contributed by atoms with E-state index in [4.69, 9.17) is 14.9 Å². The Kier molecular flexibility index (Phi) is 4.89. The molecular weight excluding hydrogens is 292 g/mol. The van der Waals surface area contributed by atoms with E-state index in [0.717, 1.165) is 4.90 Å². The Hall–Kier alpha value is -2.41. The van der Waals surface area contributed by atoms with Crippen LogP contribution in [0, 0.1) is 0 Å². The number of hydrogen-bond acceptors (Lipinski definition) is 6. The topological polar surface area (TPSA) is 94.6 Å². The number of anilines is 1. The highest BCUT2D eigenvalue weighted by atomic mass is 32.2. The van der Waals surface area contributed by atoms with E-state index in [2.05, 4.69) is 5.32 Å². The second-order valence-electron chi connectivity index (χ2n) is 4.05. The first-order chi connectivity index (χ1) is 10.1. The van der Waals surface area contributed by atoms with Crippen LogP contribution in [0.4, 0.5) is 5.69 Å². The highest BCUT2D eigenvalue weighted by Crippen LogP contribution is 2.30. The number of ether oxygens (including phenoxy) is 1. The Morgan fingerprint density at radius 1 is 1.38 bits per heavy atom. The van der Waals surface area contributed by atoms with Gasteiger partial charge in [-0.15, -0.1) is 11.8 Å². The molecular formula is C14H14N2O4S. The summed E-state index contributed by atoms with van der Waals surface area (Å²) in [5, 5.41) is 2.24. The number of nitrogens with two attached hydrogens (primary N) is 1. The molecule has 0 atom stereocenters. The number of furan rings is 1. The molecule has 0 aliphatic rings. The summed E-state index contributed by atoms with van der Waals surface area (Å²) in [6.45, 7) is 0. The fraction of sp³-hybridized carbons (Fsp3) is 0.143. The zero-order chi connectivity index (χ0) is 15.2. The Bertz CT molecular complexity index is 640. The van der Waals surface area contributed by atoms with Crippen molar-refractivity contribution in [3.05, 3.63) is 42.4 Å². The van der Waals surface area contributed by atoms with E-state index < -0.39 is 11.8 Å². The average molecular weight is 306 g/mol. The van der Waals surface area contributed by atoms with Gasteiger partial charge in [-0.1, -0.05) is 0 Å². The van der Waals surface area contributed by atoms with Crippen molar-refractivity contribution in [3.63, 3.8) is 0 Å². The molecule has 3 N–H and O–H groups in total. The van der Waals surface area contributed by atoms with Gasteiger partial charge in [0.25, 0.3) is 5.91 Å². The van der Waals surface area contributed by atoms with Gasteiger partial charge in [0.15, 0.2) is 5.76 Å². The molecule has 0 unspecified atom stereocenters. The van der Waals surface area contributed by atoms with Gasteiger partial charge in [-0.25, -0.2) is 0 Å². The van der Waals surface area contributed by atoms with E-state index in [1.165, 1.54) is 31.2 Å². The molecule has 1 aromatic heterocycles. The number of benzene rings is 1. The lowest BCUT2D eigenvalue weighted by atomic mass is 10.3. The molecule has 7 heteroatoms. The zero-order valence-corrected chi connectivity index (χ0v) is 12.1. The number of thioether (sulfide) groups is 1. The molecule has 0 radical (unpaired) electrons. The number of methoxy groups -OCH3 is 1. The van der Waals surface area contributed by atoms with Crippen molar-refractivity contribution in [1.29, 1.82) is 0 Å². The van der Waals surface area contributed by atoms with Crippen molar-refractivity contribution in [3.8, 4) is 5.75 Å². The van der Waals surface area contributed by atoms with Gasteiger partial charge >= 0.3 is 0 Å². The first kappa shape index (κ1) is 15.0.